The van der Waals surface area contributed by atoms with E-state index in [1.807, 2.05) is 0 Å². The lowest BCUT2D eigenvalue weighted by molar-refractivity contribution is -0.141. The van der Waals surface area contributed by atoms with Gasteiger partial charge in [-0.2, -0.15) is 0 Å². The summed E-state index contributed by atoms with van der Waals surface area (Å²) in [4.78, 5) is 23.3. The Bertz CT molecular complexity index is 526. The van der Waals surface area contributed by atoms with Gasteiger partial charge >= 0.3 is 5.97 Å². The van der Waals surface area contributed by atoms with E-state index in [0.29, 0.717) is 24.6 Å². The van der Waals surface area contributed by atoms with Gasteiger partial charge in [-0.3, -0.25) is 9.59 Å². The fourth-order valence-corrected chi connectivity index (χ4v) is 2.40. The van der Waals surface area contributed by atoms with Crippen LogP contribution in [0.1, 0.15) is 19.3 Å². The third-order valence-corrected chi connectivity index (χ3v) is 3.68. The van der Waals surface area contributed by atoms with Crippen molar-refractivity contribution >= 4 is 17.6 Å². The minimum absolute atomic E-state index is 0.0292. The Labute approximate surface area is 135 Å². The molecule has 126 valence electrons. The Hall–Kier alpha value is -2.12. The lowest BCUT2D eigenvalue weighted by atomic mass is 10.1. The van der Waals surface area contributed by atoms with Crippen LogP contribution in [0, 0.1) is 0 Å². The van der Waals surface area contributed by atoms with Crippen LogP contribution in [0.4, 0.5) is 5.69 Å². The van der Waals surface area contributed by atoms with Crippen molar-refractivity contribution in [3.63, 3.8) is 0 Å². The van der Waals surface area contributed by atoms with Crippen LogP contribution in [-0.4, -0.2) is 49.4 Å². The molecule has 1 aromatic rings. The second-order valence-corrected chi connectivity index (χ2v) is 5.41. The summed E-state index contributed by atoms with van der Waals surface area (Å²) in [6.07, 6.45) is 1.79. The molecule has 1 heterocycles. The van der Waals surface area contributed by atoms with Gasteiger partial charge in [0, 0.05) is 18.8 Å². The largest absolute Gasteiger partial charge is 0.497 e. The topological polar surface area (TPSA) is 96.9 Å². The predicted octanol–water partition coefficient (Wildman–Crippen LogP) is 1.25. The van der Waals surface area contributed by atoms with Gasteiger partial charge in [-0.05, 0) is 37.1 Å². The minimum atomic E-state index is -1.05. The summed E-state index contributed by atoms with van der Waals surface area (Å²) in [6.45, 7) is 1.15. The molecule has 0 spiro atoms. The number of amides is 1. The van der Waals surface area contributed by atoms with Gasteiger partial charge < -0.3 is 25.2 Å². The number of hydrogen-bond donors (Lipinski definition) is 3. The maximum atomic E-state index is 12.0. The third-order valence-electron chi connectivity index (χ3n) is 3.68. The fraction of sp³-hybridized carbons (Fsp3) is 0.500. The maximum absolute atomic E-state index is 12.0. The van der Waals surface area contributed by atoms with E-state index in [-0.39, 0.29) is 18.4 Å². The highest BCUT2D eigenvalue weighted by Crippen LogP contribution is 2.15. The molecule has 1 fully saturated rings. The van der Waals surface area contributed by atoms with E-state index in [1.54, 1.807) is 31.4 Å². The molecule has 1 saturated heterocycles. The molecule has 2 atom stereocenters. The zero-order chi connectivity index (χ0) is 16.7. The average Bonchev–Trinajstić information content (AvgIpc) is 3.05. The number of benzene rings is 1. The first kappa shape index (κ1) is 17.2. The van der Waals surface area contributed by atoms with Crippen molar-refractivity contribution in [3.05, 3.63) is 24.3 Å². The molecule has 0 aromatic heterocycles. The number of rotatable bonds is 8. The molecular weight excluding hydrogens is 300 g/mol. The number of ether oxygens (including phenoxy) is 2. The third kappa shape index (κ3) is 5.54. The molecule has 0 bridgehead atoms. The number of carboxylic acids is 1. The van der Waals surface area contributed by atoms with E-state index in [4.69, 9.17) is 9.47 Å². The van der Waals surface area contributed by atoms with Gasteiger partial charge in [0.15, 0.2) is 0 Å². The van der Waals surface area contributed by atoms with Crippen molar-refractivity contribution in [1.29, 1.82) is 0 Å². The van der Waals surface area contributed by atoms with Gasteiger partial charge in [0.2, 0.25) is 5.91 Å². The molecule has 1 aliphatic rings. The number of nitrogens with one attached hydrogen (secondary N) is 2. The zero-order valence-electron chi connectivity index (χ0n) is 13.1. The van der Waals surface area contributed by atoms with Crippen molar-refractivity contribution in [3.8, 4) is 5.75 Å². The van der Waals surface area contributed by atoms with Crippen LogP contribution in [0.2, 0.25) is 0 Å². The highest BCUT2D eigenvalue weighted by Gasteiger charge is 2.23. The quantitative estimate of drug-likeness (QED) is 0.666. The standard InChI is InChI=1S/C16H22N2O5/c1-22-12-6-4-11(5-7-12)18-15(19)9-14(16(20)21)17-10-13-3-2-8-23-13/h4-7,13-14,17H,2-3,8-10H2,1H3,(H,18,19)(H,20,21). The van der Waals surface area contributed by atoms with Gasteiger partial charge in [-0.1, -0.05) is 0 Å². The highest BCUT2D eigenvalue weighted by atomic mass is 16.5. The normalized spacial score (nSPS) is 18.4. The Morgan fingerprint density at radius 2 is 2.13 bits per heavy atom. The Balaban J connectivity index is 1.82. The lowest BCUT2D eigenvalue weighted by Gasteiger charge is -2.17. The molecule has 23 heavy (non-hydrogen) atoms. The van der Waals surface area contributed by atoms with Crippen LogP contribution in [0.3, 0.4) is 0 Å². The average molecular weight is 322 g/mol. The molecule has 1 aromatic carbocycles. The first-order valence-electron chi connectivity index (χ1n) is 7.60. The Kier molecular flexibility index (Phi) is 6.37. The molecule has 2 rings (SSSR count). The number of carbonyl (C=O) groups excluding carboxylic acids is 1. The van der Waals surface area contributed by atoms with E-state index in [9.17, 15) is 14.7 Å². The van der Waals surface area contributed by atoms with Crippen molar-refractivity contribution in [2.45, 2.75) is 31.4 Å². The Morgan fingerprint density at radius 1 is 1.39 bits per heavy atom. The van der Waals surface area contributed by atoms with Crippen LogP contribution < -0.4 is 15.4 Å². The van der Waals surface area contributed by atoms with E-state index >= 15 is 0 Å². The predicted molar refractivity (Wildman–Crippen MR) is 84.6 cm³/mol. The summed E-state index contributed by atoms with van der Waals surface area (Å²) in [7, 11) is 1.56. The summed E-state index contributed by atoms with van der Waals surface area (Å²) >= 11 is 0. The molecule has 2 unspecified atom stereocenters. The molecule has 3 N–H and O–H groups in total. The minimum Gasteiger partial charge on any atom is -0.497 e. The van der Waals surface area contributed by atoms with Crippen LogP contribution in [-0.2, 0) is 14.3 Å². The van der Waals surface area contributed by atoms with Crippen molar-refractivity contribution in [2.75, 3.05) is 25.6 Å². The lowest BCUT2D eigenvalue weighted by Crippen LogP contribution is -2.43. The molecule has 1 aliphatic heterocycles. The van der Waals surface area contributed by atoms with Crippen molar-refractivity contribution < 1.29 is 24.2 Å². The second kappa shape index (κ2) is 8.50. The SMILES string of the molecule is COc1ccc(NC(=O)CC(NCC2CCCO2)C(=O)O)cc1. The second-order valence-electron chi connectivity index (χ2n) is 5.41. The van der Waals surface area contributed by atoms with Crippen molar-refractivity contribution in [2.24, 2.45) is 0 Å². The van der Waals surface area contributed by atoms with Gasteiger partial charge in [0.05, 0.1) is 19.6 Å². The molecule has 0 saturated carbocycles. The van der Waals surface area contributed by atoms with Gasteiger partial charge in [0.1, 0.15) is 11.8 Å². The van der Waals surface area contributed by atoms with Gasteiger partial charge in [0.25, 0.3) is 0 Å². The summed E-state index contributed by atoms with van der Waals surface area (Å²) in [6, 6.07) is 5.91. The van der Waals surface area contributed by atoms with E-state index < -0.39 is 12.0 Å². The van der Waals surface area contributed by atoms with Crippen LogP contribution in [0.5, 0.6) is 5.75 Å². The summed E-state index contributed by atoms with van der Waals surface area (Å²) in [5, 5.41) is 14.8. The van der Waals surface area contributed by atoms with Crippen LogP contribution >= 0.6 is 0 Å². The summed E-state index contributed by atoms with van der Waals surface area (Å²) in [5.41, 5.74) is 0.596. The van der Waals surface area contributed by atoms with E-state index in [1.165, 1.54) is 0 Å². The monoisotopic (exact) mass is 322 g/mol. The number of anilines is 1. The molecule has 1 amide bonds. The molecule has 7 heteroatoms. The number of methoxy groups -OCH3 is 1. The fourth-order valence-electron chi connectivity index (χ4n) is 2.40. The molecule has 7 nitrogen and oxygen atoms in total. The summed E-state index contributed by atoms with van der Waals surface area (Å²) < 4.78 is 10.5. The highest BCUT2D eigenvalue weighted by molar-refractivity contribution is 5.94. The molecule has 0 aliphatic carbocycles. The van der Waals surface area contributed by atoms with Gasteiger partial charge in [-0.25, -0.2) is 0 Å². The zero-order valence-corrected chi connectivity index (χ0v) is 13.1. The van der Waals surface area contributed by atoms with Gasteiger partial charge in [-0.15, -0.1) is 0 Å². The smallest absolute Gasteiger partial charge is 0.321 e. The first-order valence-corrected chi connectivity index (χ1v) is 7.60. The van der Waals surface area contributed by atoms with E-state index in [0.717, 1.165) is 12.8 Å². The number of hydrogen-bond acceptors (Lipinski definition) is 5. The number of aliphatic carboxylic acids is 1. The maximum Gasteiger partial charge on any atom is 0.321 e. The number of carbonyl (C=O) groups is 2. The summed E-state index contributed by atoms with van der Waals surface area (Å²) in [5.74, 6) is -0.722. The molecular formula is C16H22N2O5. The number of carboxylic acid groups (broad SMARTS) is 1. The molecule has 0 radical (unpaired) electrons. The van der Waals surface area contributed by atoms with Crippen molar-refractivity contribution in [1.82, 2.24) is 5.32 Å². The first-order chi connectivity index (χ1) is 11.1. The van der Waals surface area contributed by atoms with Crippen LogP contribution in [0.25, 0.3) is 0 Å². The Morgan fingerprint density at radius 3 is 2.70 bits per heavy atom. The van der Waals surface area contributed by atoms with E-state index in [2.05, 4.69) is 10.6 Å². The van der Waals surface area contributed by atoms with Crippen LogP contribution in [0.15, 0.2) is 24.3 Å².